The van der Waals surface area contributed by atoms with Crippen molar-refractivity contribution >= 4 is 27.4 Å². The number of nitrogens with one attached hydrogen (secondary N) is 2. The standard InChI is InChI=1S/C29H30F6N4O4S/c30-28(31,32)12-4-1-5-13-39-17-21(16-36-39)27(29(33,34)35)15-23(20-9-8-18-6-2-3-7-19(18)14-20)24(25(40)37-27)26(41)38-44(42,43)22-10-11-22/h1,4,8-9,14,16-17,22H,2-3,5-7,10-13,15H2,(H,37,40)(H,38,41)/b4-1+. The highest BCUT2D eigenvalue weighted by molar-refractivity contribution is 7.91. The van der Waals surface area contributed by atoms with E-state index in [-0.39, 0.29) is 24.1 Å². The molecule has 0 saturated heterocycles. The van der Waals surface area contributed by atoms with Crippen LogP contribution in [-0.2, 0) is 44.5 Å². The number of amides is 2. The summed E-state index contributed by atoms with van der Waals surface area (Å²) >= 11 is 0. The number of benzene rings is 1. The normalized spacial score (nSPS) is 21.4. The van der Waals surface area contributed by atoms with Crippen LogP contribution in [0.1, 0.15) is 67.2 Å². The zero-order valence-electron chi connectivity index (χ0n) is 23.4. The number of carbonyl (C=O) groups excluding carboxylic acids is 2. The monoisotopic (exact) mass is 644 g/mol. The summed E-state index contributed by atoms with van der Waals surface area (Å²) in [7, 11) is -4.12. The molecule has 1 aromatic heterocycles. The van der Waals surface area contributed by atoms with Crippen LogP contribution in [0.3, 0.4) is 0 Å². The van der Waals surface area contributed by atoms with Crippen LogP contribution in [-0.4, -0.2) is 47.6 Å². The highest BCUT2D eigenvalue weighted by atomic mass is 32.2. The van der Waals surface area contributed by atoms with E-state index in [1.54, 1.807) is 18.2 Å². The second-order valence-electron chi connectivity index (χ2n) is 11.3. The maximum atomic E-state index is 15.0. The van der Waals surface area contributed by atoms with Crippen molar-refractivity contribution in [3.63, 3.8) is 0 Å². The molecule has 2 aromatic rings. The Bertz CT molecular complexity index is 1620. The molecule has 5 rings (SSSR count). The second-order valence-corrected chi connectivity index (χ2v) is 13.3. The summed E-state index contributed by atoms with van der Waals surface area (Å²) in [6.07, 6.45) is -3.46. The summed E-state index contributed by atoms with van der Waals surface area (Å²) in [5.41, 5.74) is -2.36. The van der Waals surface area contributed by atoms with Crippen LogP contribution in [0.4, 0.5) is 26.3 Å². The molecule has 3 aliphatic rings. The van der Waals surface area contributed by atoms with Gasteiger partial charge in [0.1, 0.15) is 5.57 Å². The summed E-state index contributed by atoms with van der Waals surface area (Å²) in [6, 6.07) is 4.95. The zero-order chi connectivity index (χ0) is 31.9. The van der Waals surface area contributed by atoms with Crippen molar-refractivity contribution in [2.24, 2.45) is 0 Å². The topological polar surface area (TPSA) is 110 Å². The molecule has 44 heavy (non-hydrogen) atoms. The molecule has 0 radical (unpaired) electrons. The summed E-state index contributed by atoms with van der Waals surface area (Å²) < 4.78 is 110. The largest absolute Gasteiger partial charge is 0.416 e. The lowest BCUT2D eigenvalue weighted by molar-refractivity contribution is -0.202. The molecule has 8 nitrogen and oxygen atoms in total. The number of nitrogens with zero attached hydrogens (tertiary/aromatic N) is 2. The minimum atomic E-state index is -5.09. The van der Waals surface area contributed by atoms with E-state index >= 15 is 13.2 Å². The quantitative estimate of drug-likeness (QED) is 0.227. The molecule has 238 valence electrons. The Morgan fingerprint density at radius 3 is 2.45 bits per heavy atom. The number of carbonyl (C=O) groups is 2. The molecule has 1 aromatic carbocycles. The number of halogens is 6. The number of alkyl halides is 6. The maximum absolute atomic E-state index is 15.0. The fourth-order valence-electron chi connectivity index (χ4n) is 5.60. The molecule has 0 bridgehead atoms. The number of hydrogen-bond acceptors (Lipinski definition) is 5. The van der Waals surface area contributed by atoms with E-state index in [4.69, 9.17) is 0 Å². The summed E-state index contributed by atoms with van der Waals surface area (Å²) in [5.74, 6) is -2.70. The first-order valence-corrected chi connectivity index (χ1v) is 15.7. The van der Waals surface area contributed by atoms with Gasteiger partial charge in [-0.1, -0.05) is 30.4 Å². The number of allylic oxidation sites excluding steroid dienone is 2. The maximum Gasteiger partial charge on any atom is 0.416 e. The van der Waals surface area contributed by atoms with E-state index in [9.17, 15) is 31.2 Å². The Morgan fingerprint density at radius 1 is 1.09 bits per heavy atom. The summed E-state index contributed by atoms with van der Waals surface area (Å²) in [4.78, 5) is 26.8. The third-order valence-corrected chi connectivity index (χ3v) is 9.89. The number of rotatable bonds is 9. The van der Waals surface area contributed by atoms with Gasteiger partial charge in [0.2, 0.25) is 10.0 Å². The second kappa shape index (κ2) is 11.7. The molecule has 2 amide bonds. The summed E-state index contributed by atoms with van der Waals surface area (Å²) in [6.45, 7) is -0.0313. The molecular formula is C29H30F6N4O4S. The van der Waals surface area contributed by atoms with Crippen molar-refractivity contribution in [3.05, 3.63) is 70.6 Å². The van der Waals surface area contributed by atoms with Gasteiger partial charge >= 0.3 is 12.4 Å². The Balaban J connectivity index is 1.53. The predicted octanol–water partition coefficient (Wildman–Crippen LogP) is 5.00. The number of aryl methyl sites for hydroxylation is 3. The van der Waals surface area contributed by atoms with Crippen molar-refractivity contribution in [1.82, 2.24) is 19.8 Å². The van der Waals surface area contributed by atoms with Crippen LogP contribution in [0.5, 0.6) is 0 Å². The van der Waals surface area contributed by atoms with Gasteiger partial charge in [-0.3, -0.25) is 14.3 Å². The first-order chi connectivity index (χ1) is 20.6. The molecule has 1 atom stereocenters. The SMILES string of the molecule is O=C1NC(c2cnn(CC/C=C/CC(F)(F)F)c2)(C(F)(F)F)CC(c2ccc3c(c2)CCCC3)=C1C(=O)NS(=O)(=O)C1CC1. The van der Waals surface area contributed by atoms with Crippen LogP contribution in [0.15, 0.2) is 48.3 Å². The van der Waals surface area contributed by atoms with E-state index in [1.165, 1.54) is 6.08 Å². The molecule has 1 unspecified atom stereocenters. The van der Waals surface area contributed by atoms with Gasteiger partial charge in [0.15, 0.2) is 5.54 Å². The van der Waals surface area contributed by atoms with Crippen LogP contribution in [0.2, 0.25) is 0 Å². The highest BCUT2D eigenvalue weighted by Crippen LogP contribution is 2.48. The molecular weight excluding hydrogens is 614 g/mol. The molecule has 15 heteroatoms. The lowest BCUT2D eigenvalue weighted by Crippen LogP contribution is -2.59. The Kier molecular flexibility index (Phi) is 8.46. The fraction of sp³-hybridized carbons (Fsp3) is 0.483. The van der Waals surface area contributed by atoms with Crippen molar-refractivity contribution in [2.75, 3.05) is 0 Å². The van der Waals surface area contributed by atoms with Gasteiger partial charge < -0.3 is 5.32 Å². The van der Waals surface area contributed by atoms with Crippen LogP contribution in [0.25, 0.3) is 5.57 Å². The van der Waals surface area contributed by atoms with E-state index in [0.29, 0.717) is 19.3 Å². The van der Waals surface area contributed by atoms with Crippen molar-refractivity contribution in [3.8, 4) is 0 Å². The van der Waals surface area contributed by atoms with Gasteiger partial charge in [0, 0.05) is 24.7 Å². The molecule has 1 saturated carbocycles. The molecule has 1 aliphatic heterocycles. The van der Waals surface area contributed by atoms with Gasteiger partial charge in [0.25, 0.3) is 11.8 Å². The molecule has 2 heterocycles. The number of aromatic nitrogens is 2. The fourth-order valence-corrected chi connectivity index (χ4v) is 6.88. The average Bonchev–Trinajstić information content (AvgIpc) is 3.70. The van der Waals surface area contributed by atoms with Gasteiger partial charge in [-0.2, -0.15) is 31.4 Å². The first kappa shape index (κ1) is 31.8. The molecule has 1 fully saturated rings. The average molecular weight is 645 g/mol. The van der Waals surface area contributed by atoms with Crippen molar-refractivity contribution < 1.29 is 44.3 Å². The van der Waals surface area contributed by atoms with Crippen LogP contribution >= 0.6 is 0 Å². The highest BCUT2D eigenvalue weighted by Gasteiger charge is 2.61. The van der Waals surface area contributed by atoms with E-state index in [0.717, 1.165) is 53.5 Å². The smallest absolute Gasteiger partial charge is 0.334 e. The third-order valence-electron chi connectivity index (χ3n) is 8.07. The minimum Gasteiger partial charge on any atom is -0.334 e. The van der Waals surface area contributed by atoms with Crippen LogP contribution in [0, 0.1) is 0 Å². The Hall–Kier alpha value is -3.62. The first-order valence-electron chi connectivity index (χ1n) is 14.1. The van der Waals surface area contributed by atoms with Gasteiger partial charge in [0.05, 0.1) is 17.9 Å². The number of sulfonamides is 1. The van der Waals surface area contributed by atoms with Gasteiger partial charge in [-0.05, 0) is 67.2 Å². The minimum absolute atomic E-state index is 0.0313. The Morgan fingerprint density at radius 2 is 1.80 bits per heavy atom. The lowest BCUT2D eigenvalue weighted by atomic mass is 9.76. The van der Waals surface area contributed by atoms with Crippen LogP contribution < -0.4 is 10.0 Å². The molecule has 2 N–H and O–H groups in total. The predicted molar refractivity (Wildman–Crippen MR) is 147 cm³/mol. The zero-order valence-corrected chi connectivity index (χ0v) is 24.2. The molecule has 2 aliphatic carbocycles. The Labute approximate surface area is 249 Å². The van der Waals surface area contributed by atoms with Crippen molar-refractivity contribution in [1.29, 1.82) is 0 Å². The van der Waals surface area contributed by atoms with E-state index in [2.05, 4.69) is 5.10 Å². The van der Waals surface area contributed by atoms with E-state index < -0.39 is 69.0 Å². The number of fused-ring (bicyclic) bond motifs is 1. The van der Waals surface area contributed by atoms with Gasteiger partial charge in [-0.15, -0.1) is 0 Å². The summed E-state index contributed by atoms with van der Waals surface area (Å²) in [5, 5.41) is 5.08. The van der Waals surface area contributed by atoms with Crippen molar-refractivity contribution in [2.45, 2.75) is 87.5 Å². The van der Waals surface area contributed by atoms with Gasteiger partial charge in [-0.25, -0.2) is 13.1 Å². The lowest BCUT2D eigenvalue weighted by Gasteiger charge is -2.40. The molecule has 0 spiro atoms. The number of hydrogen-bond donors (Lipinski definition) is 2. The third kappa shape index (κ3) is 6.71. The van der Waals surface area contributed by atoms with E-state index in [1.807, 2.05) is 10.0 Å².